The minimum Gasteiger partial charge on any atom is -0.511 e. The van der Waals surface area contributed by atoms with Gasteiger partial charge in [-0.25, -0.2) is 4.79 Å². The summed E-state index contributed by atoms with van der Waals surface area (Å²) in [6.45, 7) is 0. The van der Waals surface area contributed by atoms with Crippen LogP contribution < -0.4 is 9.47 Å². The molecular weight excluding hydrogens is 332 g/mol. The van der Waals surface area contributed by atoms with Crippen LogP contribution in [0.1, 0.15) is 16.7 Å². The molecule has 0 spiro atoms. The van der Waals surface area contributed by atoms with Crippen LogP contribution in [0.2, 0.25) is 0 Å². The lowest BCUT2D eigenvalue weighted by Crippen LogP contribution is -2.22. The molecule has 1 aliphatic rings. The van der Waals surface area contributed by atoms with Crippen LogP contribution in [0.15, 0.2) is 48.2 Å². The van der Waals surface area contributed by atoms with Gasteiger partial charge in [0.1, 0.15) is 11.3 Å². The second-order valence-electron chi connectivity index (χ2n) is 6.20. The Labute approximate surface area is 152 Å². The predicted molar refractivity (Wildman–Crippen MR) is 98.5 cm³/mol. The lowest BCUT2D eigenvalue weighted by Gasteiger charge is -2.26. The van der Waals surface area contributed by atoms with Crippen molar-refractivity contribution in [2.24, 2.45) is 5.92 Å². The van der Waals surface area contributed by atoms with Gasteiger partial charge in [0, 0.05) is 5.92 Å². The van der Waals surface area contributed by atoms with Crippen molar-refractivity contribution in [3.63, 3.8) is 0 Å². The van der Waals surface area contributed by atoms with Gasteiger partial charge in [0.25, 0.3) is 0 Å². The summed E-state index contributed by atoms with van der Waals surface area (Å²) in [6, 6.07) is 13.3. The number of ether oxygens (including phenoxy) is 3. The van der Waals surface area contributed by atoms with Gasteiger partial charge in [0.15, 0.2) is 11.5 Å². The molecule has 2 aromatic rings. The molecule has 2 aromatic carbocycles. The van der Waals surface area contributed by atoms with Crippen LogP contribution in [-0.4, -0.2) is 32.4 Å². The molecule has 1 N–H and O–H groups in total. The van der Waals surface area contributed by atoms with Crippen molar-refractivity contribution in [3.05, 3.63) is 64.9 Å². The first-order valence-electron chi connectivity index (χ1n) is 8.39. The van der Waals surface area contributed by atoms with E-state index in [4.69, 9.17) is 14.2 Å². The zero-order chi connectivity index (χ0) is 18.7. The first-order chi connectivity index (χ1) is 12.6. The molecule has 0 bridgehead atoms. The SMILES string of the molecule is COC(=O)C1=C(O)C(Cc2ccc(OC)c(OC)c2)Cc2ccccc21. The summed E-state index contributed by atoms with van der Waals surface area (Å²) < 4.78 is 15.5. The fourth-order valence-corrected chi connectivity index (χ4v) is 3.42. The number of allylic oxidation sites excluding steroid dienone is 1. The van der Waals surface area contributed by atoms with Crippen LogP contribution in [0.4, 0.5) is 0 Å². The van der Waals surface area contributed by atoms with Crippen molar-refractivity contribution in [1.82, 2.24) is 0 Å². The van der Waals surface area contributed by atoms with Crippen LogP contribution in [0, 0.1) is 5.92 Å². The van der Waals surface area contributed by atoms with Crippen LogP contribution in [0.25, 0.3) is 5.57 Å². The van der Waals surface area contributed by atoms with Gasteiger partial charge in [-0.15, -0.1) is 0 Å². The Hall–Kier alpha value is -2.95. The van der Waals surface area contributed by atoms with E-state index in [1.165, 1.54) is 7.11 Å². The first kappa shape index (κ1) is 17.9. The summed E-state index contributed by atoms with van der Waals surface area (Å²) in [5, 5.41) is 10.8. The zero-order valence-electron chi connectivity index (χ0n) is 15.1. The van der Waals surface area contributed by atoms with Gasteiger partial charge in [-0.1, -0.05) is 30.3 Å². The Morgan fingerprint density at radius 2 is 1.81 bits per heavy atom. The van der Waals surface area contributed by atoms with Gasteiger partial charge in [0.2, 0.25) is 0 Å². The maximum atomic E-state index is 12.2. The number of aliphatic hydroxyl groups excluding tert-OH is 1. The number of methoxy groups -OCH3 is 3. The Bertz CT molecular complexity index is 853. The fourth-order valence-electron chi connectivity index (χ4n) is 3.42. The molecule has 0 saturated heterocycles. The van der Waals surface area contributed by atoms with E-state index in [0.717, 1.165) is 16.7 Å². The van der Waals surface area contributed by atoms with Crippen molar-refractivity contribution < 1.29 is 24.1 Å². The Morgan fingerprint density at radius 1 is 1.08 bits per heavy atom. The second kappa shape index (κ2) is 7.52. The lowest BCUT2D eigenvalue weighted by molar-refractivity contribution is -0.133. The van der Waals surface area contributed by atoms with Gasteiger partial charge >= 0.3 is 5.97 Å². The third-order valence-electron chi connectivity index (χ3n) is 4.72. The predicted octanol–water partition coefficient (Wildman–Crippen LogP) is 3.56. The molecule has 0 aromatic heterocycles. The highest BCUT2D eigenvalue weighted by Crippen LogP contribution is 2.37. The summed E-state index contributed by atoms with van der Waals surface area (Å²) in [6.07, 6.45) is 1.22. The van der Waals surface area contributed by atoms with E-state index in [2.05, 4.69) is 0 Å². The first-order valence-corrected chi connectivity index (χ1v) is 8.39. The van der Waals surface area contributed by atoms with Crippen molar-refractivity contribution in [3.8, 4) is 11.5 Å². The van der Waals surface area contributed by atoms with E-state index >= 15 is 0 Å². The number of aliphatic hydroxyl groups is 1. The number of carbonyl (C=O) groups is 1. The Balaban J connectivity index is 1.97. The zero-order valence-corrected chi connectivity index (χ0v) is 15.1. The van der Waals surface area contributed by atoms with E-state index < -0.39 is 5.97 Å². The fraction of sp³-hybridized carbons (Fsp3) is 0.286. The number of benzene rings is 2. The molecule has 1 atom stereocenters. The number of hydrogen-bond acceptors (Lipinski definition) is 5. The van der Waals surface area contributed by atoms with Crippen molar-refractivity contribution in [2.75, 3.05) is 21.3 Å². The van der Waals surface area contributed by atoms with Crippen LogP contribution >= 0.6 is 0 Å². The smallest absolute Gasteiger partial charge is 0.341 e. The molecule has 3 rings (SSSR count). The lowest BCUT2D eigenvalue weighted by atomic mass is 9.80. The van der Waals surface area contributed by atoms with Crippen LogP contribution in [0.5, 0.6) is 11.5 Å². The number of fused-ring (bicyclic) bond motifs is 1. The van der Waals surface area contributed by atoms with Gasteiger partial charge in [-0.05, 0) is 41.7 Å². The van der Waals surface area contributed by atoms with Gasteiger partial charge in [0.05, 0.1) is 21.3 Å². The Kier molecular flexibility index (Phi) is 5.16. The van der Waals surface area contributed by atoms with Crippen LogP contribution in [0.3, 0.4) is 0 Å². The summed E-state index contributed by atoms with van der Waals surface area (Å²) in [5.74, 6) is 0.632. The summed E-state index contributed by atoms with van der Waals surface area (Å²) in [7, 11) is 4.50. The average molecular weight is 354 g/mol. The summed E-state index contributed by atoms with van der Waals surface area (Å²) in [4.78, 5) is 12.2. The minimum absolute atomic E-state index is 0.0744. The summed E-state index contributed by atoms with van der Waals surface area (Å²) >= 11 is 0. The number of rotatable bonds is 5. The summed E-state index contributed by atoms with van der Waals surface area (Å²) in [5.41, 5.74) is 3.00. The molecule has 0 amide bonds. The molecule has 1 aliphatic carbocycles. The largest absolute Gasteiger partial charge is 0.511 e. The number of hydrogen-bond donors (Lipinski definition) is 1. The molecule has 0 aliphatic heterocycles. The molecule has 5 heteroatoms. The highest BCUT2D eigenvalue weighted by atomic mass is 16.5. The van der Waals surface area contributed by atoms with Crippen LogP contribution in [-0.2, 0) is 22.4 Å². The van der Waals surface area contributed by atoms with Gasteiger partial charge in [-0.2, -0.15) is 0 Å². The Morgan fingerprint density at radius 3 is 2.50 bits per heavy atom. The molecule has 1 unspecified atom stereocenters. The monoisotopic (exact) mass is 354 g/mol. The number of esters is 1. The standard InChI is InChI=1S/C21H22O5/c1-24-17-9-8-13(11-18(17)25-2)10-15-12-14-6-4-5-7-16(14)19(20(15)22)21(23)26-3/h4-9,11,15,22H,10,12H2,1-3H3. The molecule has 26 heavy (non-hydrogen) atoms. The molecule has 0 radical (unpaired) electrons. The van der Waals surface area contributed by atoms with E-state index in [9.17, 15) is 9.90 Å². The topological polar surface area (TPSA) is 65.0 Å². The highest BCUT2D eigenvalue weighted by molar-refractivity contribution is 6.18. The maximum absolute atomic E-state index is 12.2. The van der Waals surface area contributed by atoms with Gasteiger partial charge in [-0.3, -0.25) is 0 Å². The molecule has 0 fully saturated rings. The molecule has 0 heterocycles. The maximum Gasteiger partial charge on any atom is 0.341 e. The quantitative estimate of drug-likeness (QED) is 0.832. The third-order valence-corrected chi connectivity index (χ3v) is 4.72. The van der Waals surface area contributed by atoms with E-state index in [1.54, 1.807) is 14.2 Å². The molecule has 136 valence electrons. The van der Waals surface area contributed by atoms with E-state index in [-0.39, 0.29) is 17.3 Å². The normalized spacial score (nSPS) is 16.0. The highest BCUT2D eigenvalue weighted by Gasteiger charge is 2.31. The average Bonchev–Trinajstić information content (AvgIpc) is 2.68. The molecule has 0 saturated carbocycles. The van der Waals surface area contributed by atoms with E-state index in [1.807, 2.05) is 42.5 Å². The van der Waals surface area contributed by atoms with E-state index in [0.29, 0.717) is 24.3 Å². The third kappa shape index (κ3) is 3.25. The number of carbonyl (C=O) groups excluding carboxylic acids is 1. The van der Waals surface area contributed by atoms with Crippen molar-refractivity contribution in [2.45, 2.75) is 12.8 Å². The molecular formula is C21H22O5. The van der Waals surface area contributed by atoms with Crippen molar-refractivity contribution in [1.29, 1.82) is 0 Å². The second-order valence-corrected chi connectivity index (χ2v) is 6.20. The van der Waals surface area contributed by atoms with Gasteiger partial charge < -0.3 is 19.3 Å². The molecule has 5 nitrogen and oxygen atoms in total. The minimum atomic E-state index is -0.521. The van der Waals surface area contributed by atoms with Crippen molar-refractivity contribution >= 4 is 11.5 Å².